The summed E-state index contributed by atoms with van der Waals surface area (Å²) in [5, 5.41) is 7.54. The summed E-state index contributed by atoms with van der Waals surface area (Å²) in [6.45, 7) is 0.151. The van der Waals surface area contributed by atoms with Gasteiger partial charge in [0.05, 0.1) is 13.1 Å². The molecule has 0 fully saturated rings. The fraction of sp³-hybridized carbons (Fsp3) is 0.714. The van der Waals surface area contributed by atoms with Crippen molar-refractivity contribution in [3.8, 4) is 0 Å². The maximum Gasteiger partial charge on any atom is 0.401 e. The molecular formula is C7H8BrF3N4. The van der Waals surface area contributed by atoms with Crippen molar-refractivity contribution in [3.05, 3.63) is 10.6 Å². The van der Waals surface area contributed by atoms with Crippen LogP contribution in [0.3, 0.4) is 0 Å². The molecule has 4 nitrogen and oxygen atoms in total. The van der Waals surface area contributed by atoms with Crippen LogP contribution in [0.4, 0.5) is 13.2 Å². The molecule has 2 rings (SSSR count). The second-order valence-electron chi connectivity index (χ2n) is 3.36. The van der Waals surface area contributed by atoms with Gasteiger partial charge in [-0.3, -0.25) is 4.90 Å². The molecule has 15 heavy (non-hydrogen) atoms. The average molecular weight is 285 g/mol. The van der Waals surface area contributed by atoms with Crippen LogP contribution in [0.25, 0.3) is 0 Å². The predicted molar refractivity (Wildman–Crippen MR) is 49.1 cm³/mol. The third-order valence-corrected chi connectivity index (χ3v) is 2.78. The van der Waals surface area contributed by atoms with E-state index in [0.717, 1.165) is 0 Å². The fourth-order valence-electron chi connectivity index (χ4n) is 1.56. The number of hydrogen-bond donors (Lipinski definition) is 0. The molecule has 0 saturated carbocycles. The monoisotopic (exact) mass is 284 g/mol. The Balaban J connectivity index is 2.06. The van der Waals surface area contributed by atoms with Crippen molar-refractivity contribution < 1.29 is 13.2 Å². The predicted octanol–water partition coefficient (Wildman–Crippen LogP) is 1.42. The molecule has 1 aliphatic heterocycles. The van der Waals surface area contributed by atoms with Gasteiger partial charge in [-0.15, -0.1) is 10.2 Å². The van der Waals surface area contributed by atoms with Crippen molar-refractivity contribution in [2.45, 2.75) is 19.3 Å². The van der Waals surface area contributed by atoms with Crippen LogP contribution < -0.4 is 0 Å². The standard InChI is InChI=1S/C7H8BrF3N4/c8-6-13-12-5-3-14(1-2-15(5)6)4-7(9,10)11/h1-4H2. The zero-order valence-corrected chi connectivity index (χ0v) is 9.22. The number of rotatable bonds is 1. The van der Waals surface area contributed by atoms with Crippen LogP contribution in [-0.2, 0) is 13.1 Å². The Labute approximate surface area is 92.2 Å². The minimum Gasteiger partial charge on any atom is -0.303 e. The van der Waals surface area contributed by atoms with E-state index in [9.17, 15) is 13.2 Å². The molecule has 0 aromatic carbocycles. The molecule has 0 saturated heterocycles. The molecule has 0 unspecified atom stereocenters. The first-order chi connectivity index (χ1) is 6.96. The molecule has 1 aromatic rings. The summed E-state index contributed by atoms with van der Waals surface area (Å²) < 4.78 is 38.7. The minimum atomic E-state index is -4.15. The van der Waals surface area contributed by atoms with E-state index >= 15 is 0 Å². The lowest BCUT2D eigenvalue weighted by Crippen LogP contribution is -2.40. The molecule has 0 aliphatic carbocycles. The lowest BCUT2D eigenvalue weighted by Gasteiger charge is -2.27. The molecule has 1 aliphatic rings. The third-order valence-electron chi connectivity index (χ3n) is 2.19. The van der Waals surface area contributed by atoms with Crippen molar-refractivity contribution >= 4 is 15.9 Å². The lowest BCUT2D eigenvalue weighted by atomic mass is 10.3. The molecule has 0 bridgehead atoms. The van der Waals surface area contributed by atoms with Crippen LogP contribution in [-0.4, -0.2) is 38.9 Å². The second kappa shape index (κ2) is 3.75. The summed E-state index contributed by atoms with van der Waals surface area (Å²) in [4.78, 5) is 1.32. The van der Waals surface area contributed by atoms with Gasteiger partial charge in [-0.2, -0.15) is 13.2 Å². The second-order valence-corrected chi connectivity index (χ2v) is 4.07. The molecule has 84 valence electrons. The van der Waals surface area contributed by atoms with Gasteiger partial charge in [0.25, 0.3) is 0 Å². The van der Waals surface area contributed by atoms with Gasteiger partial charge in [0, 0.05) is 13.1 Å². The molecule has 0 N–H and O–H groups in total. The van der Waals surface area contributed by atoms with E-state index in [-0.39, 0.29) is 6.54 Å². The van der Waals surface area contributed by atoms with E-state index in [1.165, 1.54) is 4.90 Å². The highest BCUT2D eigenvalue weighted by molar-refractivity contribution is 9.10. The van der Waals surface area contributed by atoms with Gasteiger partial charge in [0.1, 0.15) is 5.82 Å². The van der Waals surface area contributed by atoms with E-state index in [0.29, 0.717) is 23.6 Å². The average Bonchev–Trinajstić information content (AvgIpc) is 2.45. The lowest BCUT2D eigenvalue weighted by molar-refractivity contribution is -0.148. The summed E-state index contributed by atoms with van der Waals surface area (Å²) in [5.41, 5.74) is 0. The van der Waals surface area contributed by atoms with Gasteiger partial charge in [-0.25, -0.2) is 0 Å². The van der Waals surface area contributed by atoms with Crippen LogP contribution >= 0.6 is 15.9 Å². The molecule has 2 heterocycles. The normalized spacial score (nSPS) is 17.9. The van der Waals surface area contributed by atoms with E-state index in [2.05, 4.69) is 26.1 Å². The van der Waals surface area contributed by atoms with Crippen LogP contribution in [0.1, 0.15) is 5.82 Å². The molecule has 0 atom stereocenters. The first-order valence-electron chi connectivity index (χ1n) is 4.32. The molecule has 0 amide bonds. The van der Waals surface area contributed by atoms with Crippen molar-refractivity contribution in [1.29, 1.82) is 0 Å². The molecule has 1 aromatic heterocycles. The van der Waals surface area contributed by atoms with E-state index in [1.54, 1.807) is 4.57 Å². The van der Waals surface area contributed by atoms with E-state index < -0.39 is 12.7 Å². The number of halogens is 4. The van der Waals surface area contributed by atoms with Crippen molar-refractivity contribution in [2.75, 3.05) is 13.1 Å². The Hall–Kier alpha value is -0.630. The fourth-order valence-corrected chi connectivity index (χ4v) is 2.02. The van der Waals surface area contributed by atoms with Crippen molar-refractivity contribution in [2.24, 2.45) is 0 Å². The quantitative estimate of drug-likeness (QED) is 0.782. The smallest absolute Gasteiger partial charge is 0.303 e. The Morgan fingerprint density at radius 2 is 2.00 bits per heavy atom. The maximum atomic E-state index is 12.1. The Morgan fingerprint density at radius 3 is 2.67 bits per heavy atom. The SMILES string of the molecule is FC(F)(F)CN1CCn2c(Br)nnc2C1. The number of fused-ring (bicyclic) bond motifs is 1. The van der Waals surface area contributed by atoms with Gasteiger partial charge >= 0.3 is 6.18 Å². The zero-order valence-electron chi connectivity index (χ0n) is 7.63. The topological polar surface area (TPSA) is 34.0 Å². The third kappa shape index (κ3) is 2.49. The van der Waals surface area contributed by atoms with Crippen molar-refractivity contribution in [1.82, 2.24) is 19.7 Å². The van der Waals surface area contributed by atoms with Crippen LogP contribution in [0.2, 0.25) is 0 Å². The molecule has 0 spiro atoms. The zero-order chi connectivity index (χ0) is 11.1. The Morgan fingerprint density at radius 1 is 1.27 bits per heavy atom. The largest absolute Gasteiger partial charge is 0.401 e. The summed E-state index contributed by atoms with van der Waals surface area (Å²) in [7, 11) is 0. The summed E-state index contributed by atoms with van der Waals surface area (Å²) >= 11 is 3.18. The van der Waals surface area contributed by atoms with E-state index in [4.69, 9.17) is 0 Å². The first kappa shape index (κ1) is 10.9. The number of aromatic nitrogens is 3. The van der Waals surface area contributed by atoms with Gasteiger partial charge < -0.3 is 4.57 Å². The van der Waals surface area contributed by atoms with E-state index in [1.807, 2.05) is 0 Å². The number of alkyl halides is 3. The first-order valence-corrected chi connectivity index (χ1v) is 5.12. The Bertz CT molecular complexity index is 362. The highest BCUT2D eigenvalue weighted by Crippen LogP contribution is 2.21. The Kier molecular flexibility index (Phi) is 2.72. The van der Waals surface area contributed by atoms with Crippen molar-refractivity contribution in [3.63, 3.8) is 0 Å². The van der Waals surface area contributed by atoms with Gasteiger partial charge in [-0.1, -0.05) is 0 Å². The molecule has 0 radical (unpaired) electrons. The molecular weight excluding hydrogens is 277 g/mol. The maximum absolute atomic E-state index is 12.1. The summed E-state index contributed by atoms with van der Waals surface area (Å²) in [6.07, 6.45) is -4.15. The minimum absolute atomic E-state index is 0.193. The number of nitrogens with zero attached hydrogens (tertiary/aromatic N) is 4. The van der Waals surface area contributed by atoms with Gasteiger partial charge in [0.15, 0.2) is 4.73 Å². The summed E-state index contributed by atoms with van der Waals surface area (Å²) in [5.74, 6) is 0.567. The van der Waals surface area contributed by atoms with Gasteiger partial charge in [-0.05, 0) is 15.9 Å². The van der Waals surface area contributed by atoms with Crippen LogP contribution in [0, 0.1) is 0 Å². The highest BCUT2D eigenvalue weighted by Gasteiger charge is 2.32. The highest BCUT2D eigenvalue weighted by atomic mass is 79.9. The molecule has 8 heteroatoms. The van der Waals surface area contributed by atoms with Gasteiger partial charge in [0.2, 0.25) is 0 Å². The van der Waals surface area contributed by atoms with Crippen LogP contribution in [0.5, 0.6) is 0 Å². The summed E-state index contributed by atoms with van der Waals surface area (Å²) in [6, 6.07) is 0. The number of hydrogen-bond acceptors (Lipinski definition) is 3. The van der Waals surface area contributed by atoms with Crippen LogP contribution in [0.15, 0.2) is 4.73 Å².